The number of anilines is 1. The molecule has 0 aromatic heterocycles. The second-order valence-electron chi connectivity index (χ2n) is 5.67. The molecule has 0 saturated carbocycles. The first-order valence-corrected chi connectivity index (χ1v) is 8.79. The number of hydrogen-bond donors (Lipinski definition) is 3. The van der Waals surface area contributed by atoms with Crippen LogP contribution in [0.4, 0.5) is 10.5 Å². The molecule has 8 heteroatoms. The quantitative estimate of drug-likeness (QED) is 0.672. The number of rotatable bonds is 3. The van der Waals surface area contributed by atoms with Crippen molar-refractivity contribution in [2.45, 2.75) is 13.0 Å². The Kier molecular flexibility index (Phi) is 5.41. The average molecular weight is 411 g/mol. The summed E-state index contributed by atoms with van der Waals surface area (Å²) in [6.07, 6.45) is 0. The van der Waals surface area contributed by atoms with Crippen molar-refractivity contribution in [3.05, 3.63) is 74.4 Å². The monoisotopic (exact) mass is 409 g/mol. The van der Waals surface area contributed by atoms with E-state index in [4.69, 9.17) is 34.8 Å². The number of carbonyl (C=O) groups is 2. The third-order valence-corrected chi connectivity index (χ3v) is 4.82. The molecule has 0 spiro atoms. The first-order chi connectivity index (χ1) is 12.4. The molecule has 3 N–H and O–H groups in total. The van der Waals surface area contributed by atoms with Crippen LogP contribution in [0.25, 0.3) is 0 Å². The SMILES string of the molecule is CC1=C(C(=O)Nc2ccc(Cl)cc2)C(c2c(Cl)cccc2Cl)NC(=O)N1. The van der Waals surface area contributed by atoms with Crippen LogP contribution in [-0.4, -0.2) is 11.9 Å². The molecule has 3 rings (SSSR count). The van der Waals surface area contributed by atoms with Gasteiger partial charge in [-0.25, -0.2) is 4.79 Å². The van der Waals surface area contributed by atoms with Crippen LogP contribution < -0.4 is 16.0 Å². The summed E-state index contributed by atoms with van der Waals surface area (Å²) < 4.78 is 0. The zero-order valence-corrected chi connectivity index (χ0v) is 15.8. The van der Waals surface area contributed by atoms with E-state index < -0.39 is 18.0 Å². The highest BCUT2D eigenvalue weighted by atomic mass is 35.5. The first kappa shape index (κ1) is 18.6. The van der Waals surface area contributed by atoms with Crippen molar-refractivity contribution in [2.75, 3.05) is 5.32 Å². The van der Waals surface area contributed by atoms with Gasteiger partial charge < -0.3 is 16.0 Å². The van der Waals surface area contributed by atoms with Gasteiger partial charge in [-0.3, -0.25) is 4.79 Å². The minimum atomic E-state index is -0.780. The minimum absolute atomic E-state index is 0.314. The molecular weight excluding hydrogens is 397 g/mol. The lowest BCUT2D eigenvalue weighted by atomic mass is 9.94. The van der Waals surface area contributed by atoms with Crippen molar-refractivity contribution in [3.63, 3.8) is 0 Å². The van der Waals surface area contributed by atoms with Crippen LogP contribution in [0.3, 0.4) is 0 Å². The Morgan fingerprint density at radius 2 is 1.65 bits per heavy atom. The predicted octanol–water partition coefficient (Wildman–Crippen LogP) is 4.91. The molecule has 0 saturated heterocycles. The van der Waals surface area contributed by atoms with Crippen molar-refractivity contribution >= 4 is 52.4 Å². The summed E-state index contributed by atoms with van der Waals surface area (Å²) in [6, 6.07) is 10.5. The van der Waals surface area contributed by atoms with Crippen LogP contribution in [0, 0.1) is 0 Å². The molecule has 0 fully saturated rings. The number of halogens is 3. The Labute approximate surface area is 165 Å². The lowest BCUT2D eigenvalue weighted by molar-refractivity contribution is -0.113. The standard InChI is InChI=1S/C18H14Cl3N3O2/c1-9-14(17(25)23-11-7-5-10(19)6-8-11)16(24-18(26)22-9)15-12(20)3-2-4-13(15)21/h2-8,16H,1H3,(H,23,25)(H2,22,24,26). The summed E-state index contributed by atoms with van der Waals surface area (Å²) in [5.74, 6) is -0.390. The normalized spacial score (nSPS) is 16.8. The summed E-state index contributed by atoms with van der Waals surface area (Å²) >= 11 is 18.4. The van der Waals surface area contributed by atoms with Crippen molar-refractivity contribution < 1.29 is 9.59 Å². The molecule has 26 heavy (non-hydrogen) atoms. The van der Waals surface area contributed by atoms with Crippen molar-refractivity contribution in [3.8, 4) is 0 Å². The molecule has 1 aliphatic rings. The van der Waals surface area contributed by atoms with Gasteiger partial charge in [0.05, 0.1) is 11.6 Å². The fourth-order valence-corrected chi connectivity index (χ4v) is 3.47. The van der Waals surface area contributed by atoms with Crippen LogP contribution >= 0.6 is 34.8 Å². The van der Waals surface area contributed by atoms with Crippen molar-refractivity contribution in [1.82, 2.24) is 10.6 Å². The Bertz CT molecular complexity index is 890. The summed E-state index contributed by atoms with van der Waals surface area (Å²) in [5, 5.41) is 9.38. The fraction of sp³-hybridized carbons (Fsp3) is 0.111. The van der Waals surface area contributed by atoms with Crippen molar-refractivity contribution in [1.29, 1.82) is 0 Å². The largest absolute Gasteiger partial charge is 0.327 e. The number of urea groups is 1. The van der Waals surface area contributed by atoms with E-state index in [1.807, 2.05) is 0 Å². The summed E-state index contributed by atoms with van der Waals surface area (Å²) in [5.41, 5.74) is 1.77. The molecule has 3 amide bonds. The van der Waals surface area contributed by atoms with Gasteiger partial charge in [-0.2, -0.15) is 0 Å². The third-order valence-electron chi connectivity index (χ3n) is 3.90. The van der Waals surface area contributed by atoms with Crippen molar-refractivity contribution in [2.24, 2.45) is 0 Å². The summed E-state index contributed by atoms with van der Waals surface area (Å²) in [6.45, 7) is 1.65. The van der Waals surface area contributed by atoms with Crippen LogP contribution in [0.5, 0.6) is 0 Å². The smallest absolute Gasteiger partial charge is 0.319 e. The lowest BCUT2D eigenvalue weighted by Gasteiger charge is -2.29. The van der Waals surface area contributed by atoms with Gasteiger partial charge in [0.2, 0.25) is 0 Å². The Morgan fingerprint density at radius 1 is 1.04 bits per heavy atom. The molecule has 0 radical (unpaired) electrons. The molecule has 2 aromatic rings. The maximum Gasteiger partial charge on any atom is 0.319 e. The van der Waals surface area contributed by atoms with E-state index in [1.165, 1.54) is 0 Å². The number of carbonyl (C=O) groups excluding carboxylic acids is 2. The van der Waals surface area contributed by atoms with Gasteiger partial charge in [0.25, 0.3) is 5.91 Å². The molecule has 0 aliphatic carbocycles. The van der Waals surface area contributed by atoms with Gasteiger partial charge in [0.15, 0.2) is 0 Å². The first-order valence-electron chi connectivity index (χ1n) is 7.66. The Hall–Kier alpha value is -2.21. The second kappa shape index (κ2) is 7.58. The fourth-order valence-electron chi connectivity index (χ4n) is 2.73. The van der Waals surface area contributed by atoms with Gasteiger partial charge in [0, 0.05) is 32.0 Å². The van der Waals surface area contributed by atoms with E-state index in [1.54, 1.807) is 49.4 Å². The van der Waals surface area contributed by atoms with Crippen LogP contribution in [0.15, 0.2) is 53.7 Å². The van der Waals surface area contributed by atoms with E-state index in [-0.39, 0.29) is 0 Å². The van der Waals surface area contributed by atoms with Gasteiger partial charge in [-0.15, -0.1) is 0 Å². The highest BCUT2D eigenvalue weighted by Crippen LogP contribution is 2.36. The molecule has 1 heterocycles. The molecule has 5 nitrogen and oxygen atoms in total. The van der Waals surface area contributed by atoms with E-state index >= 15 is 0 Å². The van der Waals surface area contributed by atoms with E-state index in [2.05, 4.69) is 16.0 Å². The number of nitrogens with one attached hydrogen (secondary N) is 3. The number of allylic oxidation sites excluding steroid dienone is 1. The predicted molar refractivity (Wildman–Crippen MR) is 104 cm³/mol. The number of hydrogen-bond acceptors (Lipinski definition) is 2. The zero-order valence-electron chi connectivity index (χ0n) is 13.6. The zero-order chi connectivity index (χ0) is 18.8. The number of benzene rings is 2. The van der Waals surface area contributed by atoms with Gasteiger partial charge in [0.1, 0.15) is 0 Å². The topological polar surface area (TPSA) is 70.2 Å². The molecule has 1 atom stereocenters. The highest BCUT2D eigenvalue weighted by Gasteiger charge is 2.33. The average Bonchev–Trinajstić information content (AvgIpc) is 2.56. The molecule has 2 aromatic carbocycles. The molecule has 1 aliphatic heterocycles. The number of amides is 3. The van der Waals surface area contributed by atoms with Crippen LogP contribution in [0.1, 0.15) is 18.5 Å². The van der Waals surface area contributed by atoms with E-state index in [0.717, 1.165) is 0 Å². The lowest BCUT2D eigenvalue weighted by Crippen LogP contribution is -2.46. The molecule has 0 bridgehead atoms. The summed E-state index contributed by atoms with van der Waals surface area (Å²) in [7, 11) is 0. The Morgan fingerprint density at radius 3 is 2.27 bits per heavy atom. The Balaban J connectivity index is 2.00. The molecular formula is C18H14Cl3N3O2. The highest BCUT2D eigenvalue weighted by molar-refractivity contribution is 6.36. The summed E-state index contributed by atoms with van der Waals surface area (Å²) in [4.78, 5) is 24.9. The van der Waals surface area contributed by atoms with Gasteiger partial charge >= 0.3 is 6.03 Å². The van der Waals surface area contributed by atoms with E-state index in [9.17, 15) is 9.59 Å². The van der Waals surface area contributed by atoms with Gasteiger partial charge in [-0.1, -0.05) is 40.9 Å². The van der Waals surface area contributed by atoms with Crippen LogP contribution in [0.2, 0.25) is 15.1 Å². The van der Waals surface area contributed by atoms with E-state index in [0.29, 0.717) is 37.6 Å². The minimum Gasteiger partial charge on any atom is -0.327 e. The van der Waals surface area contributed by atoms with Crippen LogP contribution in [-0.2, 0) is 4.79 Å². The second-order valence-corrected chi connectivity index (χ2v) is 6.92. The maximum atomic E-state index is 12.9. The van der Waals surface area contributed by atoms with Gasteiger partial charge in [-0.05, 0) is 43.3 Å². The molecule has 134 valence electrons. The third kappa shape index (κ3) is 3.80. The maximum absolute atomic E-state index is 12.9. The molecule has 1 unspecified atom stereocenters.